The van der Waals surface area contributed by atoms with Gasteiger partial charge in [0.15, 0.2) is 5.16 Å². The lowest BCUT2D eigenvalue weighted by atomic mass is 9.97. The molecule has 0 spiro atoms. The Morgan fingerprint density at radius 1 is 1.32 bits per heavy atom. The van der Waals surface area contributed by atoms with Gasteiger partial charge in [-0.2, -0.15) is 0 Å². The standard InChI is InChI=1S/C18H21N5OS/c1-2-8-25-18-19-9-13(10-20-18)17-16-15(21-12-22-16)5-6-23(17)11-14-4-3-7-24-14/h3-4,7,9-10,12,17H,2,5-6,8,11H2,1H3,(H,21,22). The van der Waals surface area contributed by atoms with Crippen molar-refractivity contribution in [1.29, 1.82) is 0 Å². The van der Waals surface area contributed by atoms with Gasteiger partial charge < -0.3 is 9.40 Å². The fraction of sp³-hybridized carbons (Fsp3) is 0.389. The largest absolute Gasteiger partial charge is 0.468 e. The lowest BCUT2D eigenvalue weighted by molar-refractivity contribution is 0.184. The normalized spacial score (nSPS) is 17.6. The zero-order chi connectivity index (χ0) is 17.1. The van der Waals surface area contributed by atoms with Crippen LogP contribution in [0.3, 0.4) is 0 Å². The molecule has 0 radical (unpaired) electrons. The number of imidazole rings is 1. The molecule has 0 bridgehead atoms. The van der Waals surface area contributed by atoms with Gasteiger partial charge in [-0.25, -0.2) is 15.0 Å². The van der Waals surface area contributed by atoms with E-state index in [-0.39, 0.29) is 6.04 Å². The van der Waals surface area contributed by atoms with E-state index in [1.165, 1.54) is 5.69 Å². The van der Waals surface area contributed by atoms with Crippen molar-refractivity contribution in [2.75, 3.05) is 12.3 Å². The van der Waals surface area contributed by atoms with Crippen LogP contribution in [0.4, 0.5) is 0 Å². The zero-order valence-electron chi connectivity index (χ0n) is 14.2. The van der Waals surface area contributed by atoms with Crippen LogP contribution < -0.4 is 0 Å². The van der Waals surface area contributed by atoms with E-state index >= 15 is 0 Å². The summed E-state index contributed by atoms with van der Waals surface area (Å²) in [5.74, 6) is 2.00. The van der Waals surface area contributed by atoms with Gasteiger partial charge in [0.2, 0.25) is 0 Å². The van der Waals surface area contributed by atoms with Crippen LogP contribution in [0.2, 0.25) is 0 Å². The summed E-state index contributed by atoms with van der Waals surface area (Å²) >= 11 is 1.70. The first-order valence-electron chi connectivity index (χ1n) is 8.58. The first-order chi connectivity index (χ1) is 12.3. The molecule has 0 fully saturated rings. The van der Waals surface area contributed by atoms with Crippen LogP contribution in [-0.2, 0) is 13.0 Å². The SMILES string of the molecule is CCCSc1ncc(C2c3nc[nH]c3CCN2Cc2ccco2)cn1. The topological polar surface area (TPSA) is 70.8 Å². The molecule has 25 heavy (non-hydrogen) atoms. The number of aromatic nitrogens is 4. The molecule has 1 atom stereocenters. The number of hydrogen-bond acceptors (Lipinski definition) is 6. The molecule has 3 aromatic rings. The average molecular weight is 355 g/mol. The quantitative estimate of drug-likeness (QED) is 0.539. The summed E-state index contributed by atoms with van der Waals surface area (Å²) in [5, 5.41) is 0.834. The Morgan fingerprint density at radius 2 is 2.20 bits per heavy atom. The summed E-state index contributed by atoms with van der Waals surface area (Å²) in [7, 11) is 0. The Hall–Kier alpha value is -2.12. The van der Waals surface area contributed by atoms with Gasteiger partial charge in [-0.3, -0.25) is 4.90 Å². The fourth-order valence-corrected chi connectivity index (χ4v) is 3.84. The third kappa shape index (κ3) is 3.48. The van der Waals surface area contributed by atoms with Crippen LogP contribution in [0.25, 0.3) is 0 Å². The molecule has 1 aliphatic rings. The highest BCUT2D eigenvalue weighted by atomic mass is 32.2. The number of H-pyrrole nitrogens is 1. The van der Waals surface area contributed by atoms with Gasteiger partial charge in [-0.05, 0) is 18.6 Å². The lowest BCUT2D eigenvalue weighted by Crippen LogP contribution is -2.35. The van der Waals surface area contributed by atoms with Crippen LogP contribution >= 0.6 is 11.8 Å². The van der Waals surface area contributed by atoms with Crippen molar-refractivity contribution in [1.82, 2.24) is 24.8 Å². The minimum Gasteiger partial charge on any atom is -0.468 e. The maximum Gasteiger partial charge on any atom is 0.187 e. The Balaban J connectivity index is 1.62. The van der Waals surface area contributed by atoms with Crippen LogP contribution in [0.5, 0.6) is 0 Å². The second-order valence-electron chi connectivity index (χ2n) is 6.12. The van der Waals surface area contributed by atoms with Gasteiger partial charge in [-0.1, -0.05) is 18.7 Å². The zero-order valence-corrected chi connectivity index (χ0v) is 15.0. The van der Waals surface area contributed by atoms with Gasteiger partial charge in [0.25, 0.3) is 0 Å². The Morgan fingerprint density at radius 3 is 2.96 bits per heavy atom. The van der Waals surface area contributed by atoms with E-state index in [1.807, 2.05) is 24.5 Å². The number of aromatic amines is 1. The monoisotopic (exact) mass is 355 g/mol. The maximum atomic E-state index is 5.55. The smallest absolute Gasteiger partial charge is 0.187 e. The van der Waals surface area contributed by atoms with Crippen LogP contribution in [-0.4, -0.2) is 37.1 Å². The number of furan rings is 1. The van der Waals surface area contributed by atoms with Crippen molar-refractivity contribution in [3.05, 3.63) is 59.8 Å². The highest BCUT2D eigenvalue weighted by Crippen LogP contribution is 2.34. The Labute approximate surface area is 151 Å². The molecule has 4 heterocycles. The lowest BCUT2D eigenvalue weighted by Gasteiger charge is -2.34. The van der Waals surface area contributed by atoms with Crippen molar-refractivity contribution in [2.24, 2.45) is 0 Å². The minimum atomic E-state index is 0.0466. The molecular weight excluding hydrogens is 334 g/mol. The summed E-state index contributed by atoms with van der Waals surface area (Å²) in [6, 6.07) is 3.99. The van der Waals surface area contributed by atoms with Crippen molar-refractivity contribution < 1.29 is 4.42 Å². The van der Waals surface area contributed by atoms with Crippen molar-refractivity contribution in [3.8, 4) is 0 Å². The highest BCUT2D eigenvalue weighted by Gasteiger charge is 2.32. The Kier molecular flexibility index (Phi) is 4.85. The summed E-state index contributed by atoms with van der Waals surface area (Å²) in [6.07, 6.45) is 9.45. The average Bonchev–Trinajstić information content (AvgIpc) is 3.32. The van der Waals surface area contributed by atoms with Gasteiger partial charge in [0, 0.05) is 42.4 Å². The van der Waals surface area contributed by atoms with Gasteiger partial charge in [0.05, 0.1) is 30.9 Å². The minimum absolute atomic E-state index is 0.0466. The van der Waals surface area contributed by atoms with Crippen molar-refractivity contribution >= 4 is 11.8 Å². The van der Waals surface area contributed by atoms with Crippen LogP contribution in [0, 0.1) is 0 Å². The molecule has 1 N–H and O–H groups in total. The number of hydrogen-bond donors (Lipinski definition) is 1. The van der Waals surface area contributed by atoms with E-state index in [2.05, 4.69) is 31.8 Å². The molecule has 6 nitrogen and oxygen atoms in total. The molecule has 7 heteroatoms. The van der Waals surface area contributed by atoms with E-state index in [0.29, 0.717) is 0 Å². The molecule has 1 aliphatic heterocycles. The molecule has 1 unspecified atom stereocenters. The van der Waals surface area contributed by atoms with Crippen LogP contribution in [0.1, 0.15) is 42.1 Å². The van der Waals surface area contributed by atoms with E-state index in [0.717, 1.165) is 53.9 Å². The van der Waals surface area contributed by atoms with E-state index < -0.39 is 0 Å². The molecule has 0 aromatic carbocycles. The summed E-state index contributed by atoms with van der Waals surface area (Å²) < 4.78 is 5.55. The van der Waals surface area contributed by atoms with E-state index in [4.69, 9.17) is 4.42 Å². The van der Waals surface area contributed by atoms with E-state index in [1.54, 1.807) is 24.4 Å². The van der Waals surface area contributed by atoms with Crippen molar-refractivity contribution in [2.45, 2.75) is 37.5 Å². The number of thioether (sulfide) groups is 1. The third-order valence-corrected chi connectivity index (χ3v) is 5.44. The first kappa shape index (κ1) is 16.4. The number of rotatable bonds is 6. The molecule has 0 amide bonds. The molecule has 3 aromatic heterocycles. The molecular formula is C18H21N5OS. The Bertz CT molecular complexity index is 799. The first-order valence-corrected chi connectivity index (χ1v) is 9.57. The molecule has 0 aliphatic carbocycles. The molecule has 0 saturated carbocycles. The predicted octanol–water partition coefficient (Wildman–Crippen LogP) is 3.44. The summed E-state index contributed by atoms with van der Waals surface area (Å²) in [4.78, 5) is 19.3. The summed E-state index contributed by atoms with van der Waals surface area (Å²) in [5.41, 5.74) is 3.33. The van der Waals surface area contributed by atoms with Gasteiger partial charge in [0.1, 0.15) is 5.76 Å². The number of nitrogens with zero attached hydrogens (tertiary/aromatic N) is 4. The predicted molar refractivity (Wildman–Crippen MR) is 96.3 cm³/mol. The van der Waals surface area contributed by atoms with Crippen molar-refractivity contribution in [3.63, 3.8) is 0 Å². The fourth-order valence-electron chi connectivity index (χ4n) is 3.20. The number of nitrogens with one attached hydrogen (secondary N) is 1. The second-order valence-corrected chi connectivity index (χ2v) is 7.18. The third-order valence-electron chi connectivity index (χ3n) is 4.36. The van der Waals surface area contributed by atoms with Crippen LogP contribution in [0.15, 0.2) is 46.7 Å². The van der Waals surface area contributed by atoms with E-state index in [9.17, 15) is 0 Å². The summed E-state index contributed by atoms with van der Waals surface area (Å²) in [6.45, 7) is 3.85. The second kappa shape index (κ2) is 7.41. The molecule has 4 rings (SSSR count). The van der Waals surface area contributed by atoms with Gasteiger partial charge >= 0.3 is 0 Å². The van der Waals surface area contributed by atoms with Gasteiger partial charge in [-0.15, -0.1) is 0 Å². The maximum absolute atomic E-state index is 5.55. The highest BCUT2D eigenvalue weighted by molar-refractivity contribution is 7.99. The molecule has 130 valence electrons. The molecule has 0 saturated heterocycles. The number of fused-ring (bicyclic) bond motifs is 1.